The summed E-state index contributed by atoms with van der Waals surface area (Å²) in [5, 5.41) is 18.1. The van der Waals surface area contributed by atoms with Crippen LogP contribution < -0.4 is 0 Å². The molecular weight excluding hydrogens is 266 g/mol. The molecule has 0 bridgehead atoms. The third kappa shape index (κ3) is 3.84. The van der Waals surface area contributed by atoms with Crippen molar-refractivity contribution in [1.29, 1.82) is 0 Å². The first-order chi connectivity index (χ1) is 10.0. The number of hydrogen-bond donors (Lipinski definition) is 2. The molecule has 0 aliphatic heterocycles. The molecule has 0 unspecified atom stereocenters. The second-order valence-corrected chi connectivity index (χ2v) is 5.69. The Morgan fingerprint density at radius 2 is 2.14 bits per heavy atom. The van der Waals surface area contributed by atoms with Gasteiger partial charge in [0.2, 0.25) is 0 Å². The molecule has 1 aliphatic rings. The maximum Gasteiger partial charge on any atom is 0.254 e. The summed E-state index contributed by atoms with van der Waals surface area (Å²) >= 11 is 0. The van der Waals surface area contributed by atoms with Crippen LogP contribution in [0.3, 0.4) is 0 Å². The number of hydrogen-bond acceptors (Lipinski definition) is 3. The molecule has 0 spiro atoms. The van der Waals surface area contributed by atoms with E-state index in [2.05, 4.69) is 11.8 Å². The molecule has 2 N–H and O–H groups in total. The van der Waals surface area contributed by atoms with Crippen molar-refractivity contribution in [2.75, 3.05) is 20.2 Å². The van der Waals surface area contributed by atoms with Crippen molar-refractivity contribution in [2.45, 2.75) is 25.9 Å². The zero-order chi connectivity index (χ0) is 15.4. The molecule has 2 rings (SSSR count). The minimum atomic E-state index is -0.225. The maximum absolute atomic E-state index is 12.6. The summed E-state index contributed by atoms with van der Waals surface area (Å²) in [5.41, 5.74) is 2.21. The van der Waals surface area contributed by atoms with Crippen molar-refractivity contribution in [3.8, 4) is 11.8 Å². The predicted octanol–water partition coefficient (Wildman–Crippen LogP) is 1.18. The highest BCUT2D eigenvalue weighted by Crippen LogP contribution is 2.28. The van der Waals surface area contributed by atoms with Gasteiger partial charge in [0.05, 0.1) is 11.7 Å². The molecule has 0 heterocycles. The minimum Gasteiger partial charge on any atom is -0.393 e. The SMILES string of the molecule is Cc1ccc(C#CCO)c(C(=O)N(C)CC2CC(O)C2)c1. The van der Waals surface area contributed by atoms with Crippen molar-refractivity contribution in [3.05, 3.63) is 34.9 Å². The maximum atomic E-state index is 12.6. The normalized spacial score (nSPS) is 20.2. The quantitative estimate of drug-likeness (QED) is 0.821. The van der Waals surface area contributed by atoms with Gasteiger partial charge in [0.25, 0.3) is 5.91 Å². The summed E-state index contributed by atoms with van der Waals surface area (Å²) < 4.78 is 0. The van der Waals surface area contributed by atoms with E-state index in [0.717, 1.165) is 18.4 Å². The summed E-state index contributed by atoms with van der Waals surface area (Å²) in [4.78, 5) is 14.3. The Hall–Kier alpha value is -1.83. The second kappa shape index (κ2) is 6.75. The van der Waals surface area contributed by atoms with Gasteiger partial charge in [-0.3, -0.25) is 4.79 Å². The molecule has 1 amide bonds. The van der Waals surface area contributed by atoms with Gasteiger partial charge in [-0.1, -0.05) is 23.5 Å². The van der Waals surface area contributed by atoms with E-state index in [1.807, 2.05) is 25.1 Å². The number of aryl methyl sites for hydroxylation is 1. The first kappa shape index (κ1) is 15.6. The third-order valence-electron chi connectivity index (χ3n) is 3.80. The molecular formula is C17H21NO3. The van der Waals surface area contributed by atoms with E-state index >= 15 is 0 Å². The van der Waals surface area contributed by atoms with Crippen LogP contribution >= 0.6 is 0 Å². The number of nitrogens with zero attached hydrogens (tertiary/aromatic N) is 1. The molecule has 1 aromatic rings. The topological polar surface area (TPSA) is 60.8 Å². The molecule has 4 heteroatoms. The minimum absolute atomic E-state index is 0.0673. The van der Waals surface area contributed by atoms with E-state index in [1.165, 1.54) is 0 Å². The summed E-state index contributed by atoms with van der Waals surface area (Å²) in [6, 6.07) is 5.54. The molecule has 112 valence electrons. The van der Waals surface area contributed by atoms with Crippen LogP contribution in [0.2, 0.25) is 0 Å². The lowest BCUT2D eigenvalue weighted by Gasteiger charge is -2.34. The van der Waals surface area contributed by atoms with Crippen molar-refractivity contribution in [2.24, 2.45) is 5.92 Å². The zero-order valence-corrected chi connectivity index (χ0v) is 12.5. The fourth-order valence-electron chi connectivity index (χ4n) is 2.60. The molecule has 0 saturated heterocycles. The molecule has 0 radical (unpaired) electrons. The van der Waals surface area contributed by atoms with E-state index in [9.17, 15) is 9.90 Å². The second-order valence-electron chi connectivity index (χ2n) is 5.69. The molecule has 1 fully saturated rings. The molecule has 21 heavy (non-hydrogen) atoms. The van der Waals surface area contributed by atoms with Crippen molar-refractivity contribution >= 4 is 5.91 Å². The van der Waals surface area contributed by atoms with Crippen LogP contribution in [0.4, 0.5) is 0 Å². The number of rotatable bonds is 3. The molecule has 1 aliphatic carbocycles. The van der Waals surface area contributed by atoms with Crippen LogP contribution in [0.25, 0.3) is 0 Å². The van der Waals surface area contributed by atoms with Crippen LogP contribution in [-0.2, 0) is 0 Å². The predicted molar refractivity (Wildman–Crippen MR) is 80.8 cm³/mol. The van der Waals surface area contributed by atoms with E-state index in [0.29, 0.717) is 23.6 Å². The zero-order valence-electron chi connectivity index (χ0n) is 12.5. The Labute approximate surface area is 125 Å². The average molecular weight is 287 g/mol. The van der Waals surface area contributed by atoms with Gasteiger partial charge in [-0.25, -0.2) is 0 Å². The number of aliphatic hydroxyl groups excluding tert-OH is 2. The Bertz CT molecular complexity index is 579. The van der Waals surface area contributed by atoms with Gasteiger partial charge in [-0.2, -0.15) is 0 Å². The lowest BCUT2D eigenvalue weighted by Crippen LogP contribution is -2.39. The third-order valence-corrected chi connectivity index (χ3v) is 3.80. The first-order valence-electron chi connectivity index (χ1n) is 7.15. The van der Waals surface area contributed by atoms with Gasteiger partial charge >= 0.3 is 0 Å². The number of carbonyl (C=O) groups excluding carboxylic acids is 1. The van der Waals surface area contributed by atoms with Crippen LogP contribution in [0.1, 0.15) is 34.3 Å². The van der Waals surface area contributed by atoms with Crippen LogP contribution in [0, 0.1) is 24.7 Å². The van der Waals surface area contributed by atoms with Crippen molar-refractivity contribution in [3.63, 3.8) is 0 Å². The fraction of sp³-hybridized carbons (Fsp3) is 0.471. The molecule has 4 nitrogen and oxygen atoms in total. The van der Waals surface area contributed by atoms with Crippen molar-refractivity contribution < 1.29 is 15.0 Å². The fourth-order valence-corrected chi connectivity index (χ4v) is 2.60. The van der Waals surface area contributed by atoms with Crippen molar-refractivity contribution in [1.82, 2.24) is 4.90 Å². The van der Waals surface area contributed by atoms with Gasteiger partial charge in [0, 0.05) is 19.2 Å². The Morgan fingerprint density at radius 1 is 1.43 bits per heavy atom. The summed E-state index contributed by atoms with van der Waals surface area (Å²) in [7, 11) is 1.78. The lowest BCUT2D eigenvalue weighted by atomic mass is 9.82. The molecule has 1 saturated carbocycles. The van der Waals surface area contributed by atoms with Crippen LogP contribution in [0.5, 0.6) is 0 Å². The van der Waals surface area contributed by atoms with Gasteiger partial charge in [-0.05, 0) is 37.8 Å². The average Bonchev–Trinajstić information content (AvgIpc) is 2.43. The summed E-state index contributed by atoms with van der Waals surface area (Å²) in [5.74, 6) is 5.73. The first-order valence-corrected chi connectivity index (χ1v) is 7.15. The lowest BCUT2D eigenvalue weighted by molar-refractivity contribution is 0.0265. The highest BCUT2D eigenvalue weighted by Gasteiger charge is 2.29. The summed E-state index contributed by atoms with van der Waals surface area (Å²) in [6.07, 6.45) is 1.33. The standard InChI is InChI=1S/C17H21NO3/c1-12-5-6-14(4-3-7-19)16(8-12)17(21)18(2)11-13-9-15(20)10-13/h5-6,8,13,15,19-20H,7,9-11H2,1-2H3. The Kier molecular flexibility index (Phi) is 5.00. The van der Waals surface area contributed by atoms with Gasteiger partial charge in [0.1, 0.15) is 6.61 Å². The van der Waals surface area contributed by atoms with Crippen LogP contribution in [0.15, 0.2) is 18.2 Å². The largest absolute Gasteiger partial charge is 0.393 e. The van der Waals surface area contributed by atoms with Gasteiger partial charge in [-0.15, -0.1) is 0 Å². The monoisotopic (exact) mass is 287 g/mol. The van der Waals surface area contributed by atoms with E-state index in [4.69, 9.17) is 5.11 Å². The van der Waals surface area contributed by atoms with E-state index in [-0.39, 0.29) is 18.6 Å². The molecule has 0 atom stereocenters. The number of aliphatic hydroxyl groups is 2. The molecule has 1 aromatic carbocycles. The Balaban J connectivity index is 2.15. The number of carbonyl (C=O) groups is 1. The highest BCUT2D eigenvalue weighted by molar-refractivity contribution is 5.96. The molecule has 0 aromatic heterocycles. The number of amides is 1. The summed E-state index contributed by atoms with van der Waals surface area (Å²) in [6.45, 7) is 2.36. The van der Waals surface area contributed by atoms with Gasteiger partial charge < -0.3 is 15.1 Å². The van der Waals surface area contributed by atoms with Gasteiger partial charge in [0.15, 0.2) is 0 Å². The van der Waals surface area contributed by atoms with E-state index in [1.54, 1.807) is 11.9 Å². The van der Waals surface area contributed by atoms with Crippen LogP contribution in [-0.4, -0.2) is 47.3 Å². The number of benzene rings is 1. The highest BCUT2D eigenvalue weighted by atomic mass is 16.3. The van der Waals surface area contributed by atoms with E-state index < -0.39 is 0 Å². The smallest absolute Gasteiger partial charge is 0.254 e. The Morgan fingerprint density at radius 3 is 2.76 bits per heavy atom.